The number of hydrogen-bond donors (Lipinski definition) is 2. The summed E-state index contributed by atoms with van der Waals surface area (Å²) in [6.45, 7) is 4.34. The van der Waals surface area contributed by atoms with Crippen molar-refractivity contribution in [2.24, 2.45) is 0 Å². The van der Waals surface area contributed by atoms with Crippen LogP contribution in [-0.4, -0.2) is 66.5 Å². The Labute approximate surface area is 181 Å². The number of urea groups is 1. The van der Waals surface area contributed by atoms with E-state index in [0.29, 0.717) is 36.1 Å². The molecule has 168 valence electrons. The van der Waals surface area contributed by atoms with Crippen molar-refractivity contribution in [3.63, 3.8) is 0 Å². The van der Waals surface area contributed by atoms with Crippen molar-refractivity contribution in [1.82, 2.24) is 19.8 Å². The molecular formula is C20H27N5O5S. The molecule has 2 unspecified atom stereocenters. The van der Waals surface area contributed by atoms with Crippen LogP contribution in [0.1, 0.15) is 38.4 Å². The van der Waals surface area contributed by atoms with Gasteiger partial charge < -0.3 is 19.9 Å². The van der Waals surface area contributed by atoms with Crippen LogP contribution < -0.4 is 10.6 Å². The molecule has 1 saturated carbocycles. The number of rotatable bonds is 7. The topological polar surface area (TPSA) is 127 Å². The standard InChI is InChI=1S/C20H27N5O5S/c1-13-11-25(12-14(2)29-13)31(27,28)9-8-21-20(26)22-17-5-3-4-16(10-17)19-23-18(24-30-19)15-6-7-15/h3-5,10,13-15H,6-9,11-12H2,1-2H3,(H2,21,22,26). The number of nitrogens with one attached hydrogen (secondary N) is 2. The highest BCUT2D eigenvalue weighted by Gasteiger charge is 2.31. The average molecular weight is 450 g/mol. The lowest BCUT2D eigenvalue weighted by Crippen LogP contribution is -2.49. The van der Waals surface area contributed by atoms with Gasteiger partial charge in [0.05, 0.1) is 18.0 Å². The van der Waals surface area contributed by atoms with Gasteiger partial charge in [0.15, 0.2) is 5.82 Å². The molecule has 2 aliphatic rings. The lowest BCUT2D eigenvalue weighted by Gasteiger charge is -2.34. The van der Waals surface area contributed by atoms with E-state index >= 15 is 0 Å². The number of carbonyl (C=O) groups is 1. The molecule has 2 heterocycles. The number of nitrogens with zero attached hydrogens (tertiary/aromatic N) is 3. The number of benzene rings is 1. The third-order valence-electron chi connectivity index (χ3n) is 5.18. The second-order valence-corrected chi connectivity index (χ2v) is 10.2. The van der Waals surface area contributed by atoms with Crippen LogP contribution in [0.25, 0.3) is 11.5 Å². The fraction of sp³-hybridized carbons (Fsp3) is 0.550. The summed E-state index contributed by atoms with van der Waals surface area (Å²) >= 11 is 0. The average Bonchev–Trinajstić information content (AvgIpc) is 3.44. The van der Waals surface area contributed by atoms with E-state index in [4.69, 9.17) is 9.26 Å². The molecular weight excluding hydrogens is 422 g/mol. The molecule has 1 aromatic heterocycles. The monoisotopic (exact) mass is 449 g/mol. The Kier molecular flexibility index (Phi) is 6.26. The molecule has 1 aromatic carbocycles. The third kappa shape index (κ3) is 5.60. The van der Waals surface area contributed by atoms with Crippen molar-refractivity contribution in [3.05, 3.63) is 30.1 Å². The lowest BCUT2D eigenvalue weighted by atomic mass is 10.2. The van der Waals surface area contributed by atoms with Crippen LogP contribution in [0.15, 0.2) is 28.8 Å². The van der Waals surface area contributed by atoms with E-state index in [9.17, 15) is 13.2 Å². The highest BCUT2D eigenvalue weighted by molar-refractivity contribution is 7.89. The van der Waals surface area contributed by atoms with Gasteiger partial charge >= 0.3 is 6.03 Å². The molecule has 11 heteroatoms. The van der Waals surface area contributed by atoms with Gasteiger partial charge in [0, 0.05) is 36.8 Å². The fourth-order valence-electron chi connectivity index (χ4n) is 3.55. The van der Waals surface area contributed by atoms with Gasteiger partial charge in [0.25, 0.3) is 5.89 Å². The minimum atomic E-state index is -3.48. The summed E-state index contributed by atoms with van der Waals surface area (Å²) in [5.41, 5.74) is 1.25. The number of sulfonamides is 1. The minimum absolute atomic E-state index is 0.00237. The summed E-state index contributed by atoms with van der Waals surface area (Å²) in [5, 5.41) is 9.30. The van der Waals surface area contributed by atoms with Gasteiger partial charge in [-0.05, 0) is 44.9 Å². The van der Waals surface area contributed by atoms with Crippen molar-refractivity contribution in [2.75, 3.05) is 30.7 Å². The van der Waals surface area contributed by atoms with Gasteiger partial charge in [-0.25, -0.2) is 13.2 Å². The zero-order valence-electron chi connectivity index (χ0n) is 17.6. The van der Waals surface area contributed by atoms with Crippen molar-refractivity contribution < 1.29 is 22.5 Å². The molecule has 0 bridgehead atoms. The molecule has 10 nitrogen and oxygen atoms in total. The molecule has 0 radical (unpaired) electrons. The Morgan fingerprint density at radius 1 is 1.23 bits per heavy atom. The predicted molar refractivity (Wildman–Crippen MR) is 114 cm³/mol. The Bertz CT molecular complexity index is 1030. The van der Waals surface area contributed by atoms with Crippen molar-refractivity contribution in [1.29, 1.82) is 0 Å². The second kappa shape index (κ2) is 8.93. The van der Waals surface area contributed by atoms with Crippen LogP contribution in [0.2, 0.25) is 0 Å². The first kappa shape index (κ1) is 21.7. The quantitative estimate of drug-likeness (QED) is 0.663. The number of aromatic nitrogens is 2. The van der Waals surface area contributed by atoms with E-state index < -0.39 is 16.1 Å². The molecule has 1 aliphatic carbocycles. The molecule has 2 amide bonds. The van der Waals surface area contributed by atoms with E-state index in [1.807, 2.05) is 19.9 Å². The Morgan fingerprint density at radius 2 is 1.97 bits per heavy atom. The number of anilines is 1. The summed E-state index contributed by atoms with van der Waals surface area (Å²) in [7, 11) is -3.48. The van der Waals surface area contributed by atoms with Crippen molar-refractivity contribution >= 4 is 21.7 Å². The van der Waals surface area contributed by atoms with Gasteiger partial charge in [-0.3, -0.25) is 0 Å². The van der Waals surface area contributed by atoms with E-state index in [1.54, 1.807) is 18.2 Å². The molecule has 0 spiro atoms. The molecule has 1 aliphatic heterocycles. The number of amides is 2. The first-order valence-electron chi connectivity index (χ1n) is 10.4. The van der Waals surface area contributed by atoms with E-state index in [0.717, 1.165) is 18.7 Å². The summed E-state index contributed by atoms with van der Waals surface area (Å²) in [6.07, 6.45) is 1.86. The minimum Gasteiger partial charge on any atom is -0.373 e. The van der Waals surface area contributed by atoms with E-state index in [-0.39, 0.29) is 24.5 Å². The Hall–Kier alpha value is -2.50. The Morgan fingerprint density at radius 3 is 2.68 bits per heavy atom. The van der Waals surface area contributed by atoms with Gasteiger partial charge in [-0.15, -0.1) is 0 Å². The van der Waals surface area contributed by atoms with Gasteiger partial charge in [0.1, 0.15) is 0 Å². The summed E-state index contributed by atoms with van der Waals surface area (Å²) in [6, 6.07) is 6.58. The van der Waals surface area contributed by atoms with E-state index in [2.05, 4.69) is 20.8 Å². The third-order valence-corrected chi connectivity index (χ3v) is 6.98. The molecule has 31 heavy (non-hydrogen) atoms. The van der Waals surface area contributed by atoms with Gasteiger partial charge in [-0.1, -0.05) is 11.2 Å². The van der Waals surface area contributed by atoms with Crippen LogP contribution in [0.5, 0.6) is 0 Å². The number of hydrogen-bond acceptors (Lipinski definition) is 7. The molecule has 2 N–H and O–H groups in total. The van der Waals surface area contributed by atoms with Crippen molar-refractivity contribution in [2.45, 2.75) is 44.8 Å². The van der Waals surface area contributed by atoms with Crippen LogP contribution >= 0.6 is 0 Å². The Balaban J connectivity index is 1.29. The normalized spacial score (nSPS) is 22.3. The first-order valence-corrected chi connectivity index (χ1v) is 12.0. The summed E-state index contributed by atoms with van der Waals surface area (Å²) in [5.74, 6) is 1.35. The maximum absolute atomic E-state index is 12.5. The molecule has 2 aromatic rings. The highest BCUT2D eigenvalue weighted by Crippen LogP contribution is 2.39. The predicted octanol–water partition coefficient (Wildman–Crippen LogP) is 2.17. The largest absolute Gasteiger partial charge is 0.373 e. The zero-order chi connectivity index (χ0) is 22.0. The first-order chi connectivity index (χ1) is 14.8. The maximum atomic E-state index is 12.5. The van der Waals surface area contributed by atoms with Crippen LogP contribution in [-0.2, 0) is 14.8 Å². The summed E-state index contributed by atoms with van der Waals surface area (Å²) < 4.78 is 37.4. The zero-order valence-corrected chi connectivity index (χ0v) is 18.4. The van der Waals surface area contributed by atoms with Crippen LogP contribution in [0.3, 0.4) is 0 Å². The SMILES string of the molecule is CC1CN(S(=O)(=O)CCNC(=O)Nc2cccc(-c3nc(C4CC4)no3)c2)CC(C)O1. The van der Waals surface area contributed by atoms with E-state index in [1.165, 1.54) is 4.31 Å². The fourth-order valence-corrected chi connectivity index (χ4v) is 5.04. The number of morpholine rings is 1. The number of ether oxygens (including phenoxy) is 1. The smallest absolute Gasteiger partial charge is 0.319 e. The lowest BCUT2D eigenvalue weighted by molar-refractivity contribution is -0.0440. The maximum Gasteiger partial charge on any atom is 0.319 e. The molecule has 2 fully saturated rings. The van der Waals surface area contributed by atoms with Crippen molar-refractivity contribution in [3.8, 4) is 11.5 Å². The summed E-state index contributed by atoms with van der Waals surface area (Å²) in [4.78, 5) is 16.6. The van der Waals surface area contributed by atoms with Gasteiger partial charge in [-0.2, -0.15) is 9.29 Å². The molecule has 2 atom stereocenters. The molecule has 4 rings (SSSR count). The van der Waals surface area contributed by atoms with Crippen LogP contribution in [0.4, 0.5) is 10.5 Å². The number of carbonyl (C=O) groups excluding carboxylic acids is 1. The molecule has 1 saturated heterocycles. The second-order valence-electron chi connectivity index (χ2n) is 8.08. The van der Waals surface area contributed by atoms with Crippen LogP contribution in [0, 0.1) is 0 Å². The highest BCUT2D eigenvalue weighted by atomic mass is 32.2. The van der Waals surface area contributed by atoms with Gasteiger partial charge in [0.2, 0.25) is 10.0 Å².